The van der Waals surface area contributed by atoms with E-state index in [2.05, 4.69) is 10.9 Å². The highest BCUT2D eigenvalue weighted by Gasteiger charge is 2.32. The van der Waals surface area contributed by atoms with E-state index in [1.54, 1.807) is 0 Å². The second kappa shape index (κ2) is 3.93. The molecule has 1 atom stereocenters. The van der Waals surface area contributed by atoms with Gasteiger partial charge in [-0.25, -0.2) is 0 Å². The fourth-order valence-corrected chi connectivity index (χ4v) is 1.72. The van der Waals surface area contributed by atoms with E-state index < -0.39 is 0 Å². The summed E-state index contributed by atoms with van der Waals surface area (Å²) in [5.74, 6) is -0.271. The van der Waals surface area contributed by atoms with Gasteiger partial charge in [-0.2, -0.15) is 0 Å². The largest absolute Gasteiger partial charge is 0.379 e. The van der Waals surface area contributed by atoms with Crippen LogP contribution in [-0.2, 0) is 14.3 Å². The lowest BCUT2D eigenvalue weighted by Crippen LogP contribution is -2.60. The molecule has 14 heavy (non-hydrogen) atoms. The van der Waals surface area contributed by atoms with Gasteiger partial charge in [0.05, 0.1) is 25.7 Å². The summed E-state index contributed by atoms with van der Waals surface area (Å²) in [5, 5.41) is 0. The van der Waals surface area contributed by atoms with Crippen LogP contribution in [-0.4, -0.2) is 49.1 Å². The summed E-state index contributed by atoms with van der Waals surface area (Å²) in [7, 11) is 0. The summed E-state index contributed by atoms with van der Waals surface area (Å²) < 4.78 is 5.18. The van der Waals surface area contributed by atoms with Gasteiger partial charge in [-0.05, 0) is 0 Å². The van der Waals surface area contributed by atoms with Crippen molar-refractivity contribution in [3.63, 3.8) is 0 Å². The number of hydrogen-bond donors (Lipinski definition) is 2. The number of ether oxygens (including phenoxy) is 1. The van der Waals surface area contributed by atoms with Gasteiger partial charge in [0, 0.05) is 13.1 Å². The Balaban J connectivity index is 1.99. The molecule has 0 aliphatic carbocycles. The van der Waals surface area contributed by atoms with Crippen molar-refractivity contribution < 1.29 is 14.3 Å². The fourth-order valence-electron chi connectivity index (χ4n) is 1.72. The average molecular weight is 199 g/mol. The maximum Gasteiger partial charge on any atom is 0.256 e. The van der Waals surface area contributed by atoms with Gasteiger partial charge in [0.2, 0.25) is 5.91 Å². The van der Waals surface area contributed by atoms with Crippen molar-refractivity contribution in [2.75, 3.05) is 26.3 Å². The summed E-state index contributed by atoms with van der Waals surface area (Å²) in [6.45, 7) is 2.69. The molecule has 2 amide bonds. The molecule has 2 heterocycles. The van der Waals surface area contributed by atoms with Crippen molar-refractivity contribution in [2.24, 2.45) is 0 Å². The SMILES string of the molecule is O=C1C[C@H](N2CCOCC2)C(=O)NN1. The van der Waals surface area contributed by atoms with Crippen molar-refractivity contribution in [2.45, 2.75) is 12.5 Å². The Hall–Kier alpha value is -1.14. The second-order valence-corrected chi connectivity index (χ2v) is 3.41. The number of hydrogen-bond acceptors (Lipinski definition) is 4. The summed E-state index contributed by atoms with van der Waals surface area (Å²) in [4.78, 5) is 24.5. The van der Waals surface area contributed by atoms with Crippen molar-refractivity contribution in [3.8, 4) is 0 Å². The van der Waals surface area contributed by atoms with Gasteiger partial charge < -0.3 is 4.74 Å². The number of morpholine rings is 1. The van der Waals surface area contributed by atoms with E-state index in [-0.39, 0.29) is 24.3 Å². The molecule has 6 nitrogen and oxygen atoms in total. The lowest BCUT2D eigenvalue weighted by Gasteiger charge is -2.35. The number of amides is 2. The number of hydrazine groups is 1. The van der Waals surface area contributed by atoms with Crippen LogP contribution in [0.1, 0.15) is 6.42 Å². The van der Waals surface area contributed by atoms with Gasteiger partial charge in [-0.1, -0.05) is 0 Å². The number of carbonyl (C=O) groups is 2. The Labute approximate surface area is 81.5 Å². The lowest BCUT2D eigenvalue weighted by molar-refractivity contribution is -0.141. The van der Waals surface area contributed by atoms with E-state index in [1.165, 1.54) is 0 Å². The number of nitrogens with one attached hydrogen (secondary N) is 2. The first-order chi connectivity index (χ1) is 6.77. The molecular formula is C8H13N3O3. The van der Waals surface area contributed by atoms with Gasteiger partial charge in [-0.3, -0.25) is 25.3 Å². The van der Waals surface area contributed by atoms with Crippen LogP contribution in [0.25, 0.3) is 0 Å². The average Bonchev–Trinajstić information content (AvgIpc) is 2.23. The first-order valence-corrected chi connectivity index (χ1v) is 4.68. The first kappa shape index (κ1) is 9.42. The van der Waals surface area contributed by atoms with E-state index >= 15 is 0 Å². The highest BCUT2D eigenvalue weighted by Crippen LogP contribution is 2.09. The monoisotopic (exact) mass is 199 g/mol. The topological polar surface area (TPSA) is 70.7 Å². The predicted molar refractivity (Wildman–Crippen MR) is 47.1 cm³/mol. The molecule has 2 N–H and O–H groups in total. The van der Waals surface area contributed by atoms with Gasteiger partial charge >= 0.3 is 0 Å². The Bertz CT molecular complexity index is 250. The van der Waals surface area contributed by atoms with Crippen LogP contribution >= 0.6 is 0 Å². The van der Waals surface area contributed by atoms with Gasteiger partial charge in [0.25, 0.3) is 5.91 Å². The molecule has 0 radical (unpaired) electrons. The van der Waals surface area contributed by atoms with E-state index in [4.69, 9.17) is 4.74 Å². The maximum absolute atomic E-state index is 11.4. The highest BCUT2D eigenvalue weighted by atomic mass is 16.5. The fraction of sp³-hybridized carbons (Fsp3) is 0.750. The standard InChI is InChI=1S/C8H13N3O3/c12-7-5-6(8(13)10-9-7)11-1-3-14-4-2-11/h6H,1-5H2,(H,9,12)(H,10,13)/t6-/m0/s1. The molecule has 2 fully saturated rings. The molecule has 0 aromatic heterocycles. The number of nitrogens with zero attached hydrogens (tertiary/aromatic N) is 1. The van der Waals surface area contributed by atoms with E-state index in [0.29, 0.717) is 26.3 Å². The quantitative estimate of drug-likeness (QED) is 0.525. The zero-order valence-corrected chi connectivity index (χ0v) is 7.78. The van der Waals surface area contributed by atoms with Gasteiger partial charge in [0.15, 0.2) is 0 Å². The van der Waals surface area contributed by atoms with Crippen molar-refractivity contribution >= 4 is 11.8 Å². The first-order valence-electron chi connectivity index (χ1n) is 4.68. The minimum Gasteiger partial charge on any atom is -0.379 e. The van der Waals surface area contributed by atoms with Crippen molar-refractivity contribution in [1.82, 2.24) is 15.8 Å². The highest BCUT2D eigenvalue weighted by molar-refractivity contribution is 5.93. The van der Waals surface area contributed by atoms with Crippen molar-refractivity contribution in [3.05, 3.63) is 0 Å². The number of rotatable bonds is 1. The second-order valence-electron chi connectivity index (χ2n) is 3.41. The summed E-state index contributed by atoms with van der Waals surface area (Å²) in [5.41, 5.74) is 4.66. The van der Waals surface area contributed by atoms with E-state index in [1.807, 2.05) is 4.90 Å². The normalized spacial score (nSPS) is 29.6. The third-order valence-corrected chi connectivity index (χ3v) is 2.49. The van der Waals surface area contributed by atoms with Crippen LogP contribution < -0.4 is 10.9 Å². The molecule has 78 valence electrons. The van der Waals surface area contributed by atoms with Gasteiger partial charge in [-0.15, -0.1) is 0 Å². The third kappa shape index (κ3) is 1.85. The maximum atomic E-state index is 11.4. The van der Waals surface area contributed by atoms with Crippen LogP contribution in [0.15, 0.2) is 0 Å². The Morgan fingerprint density at radius 2 is 1.93 bits per heavy atom. The molecule has 2 saturated heterocycles. The lowest BCUT2D eigenvalue weighted by atomic mass is 10.1. The molecule has 0 bridgehead atoms. The molecule has 0 saturated carbocycles. The molecule has 0 spiro atoms. The van der Waals surface area contributed by atoms with E-state index in [9.17, 15) is 9.59 Å². The Morgan fingerprint density at radius 3 is 2.64 bits per heavy atom. The molecule has 0 aromatic rings. The summed E-state index contributed by atoms with van der Waals surface area (Å²) in [6, 6.07) is -0.326. The zero-order chi connectivity index (χ0) is 9.97. The summed E-state index contributed by atoms with van der Waals surface area (Å²) >= 11 is 0. The molecule has 2 aliphatic rings. The van der Waals surface area contributed by atoms with E-state index in [0.717, 1.165) is 0 Å². The third-order valence-electron chi connectivity index (χ3n) is 2.49. The molecule has 2 rings (SSSR count). The molecule has 2 aliphatic heterocycles. The predicted octanol–water partition coefficient (Wildman–Crippen LogP) is -1.76. The van der Waals surface area contributed by atoms with Crippen LogP contribution in [0, 0.1) is 0 Å². The molecule has 0 aromatic carbocycles. The number of carbonyl (C=O) groups excluding carboxylic acids is 2. The van der Waals surface area contributed by atoms with Crippen LogP contribution in [0.4, 0.5) is 0 Å². The van der Waals surface area contributed by atoms with Crippen LogP contribution in [0.3, 0.4) is 0 Å². The Morgan fingerprint density at radius 1 is 1.21 bits per heavy atom. The molecule has 6 heteroatoms. The molecular weight excluding hydrogens is 186 g/mol. The Kier molecular flexibility index (Phi) is 2.64. The molecule has 0 unspecified atom stereocenters. The minimum absolute atomic E-state index is 0.133. The smallest absolute Gasteiger partial charge is 0.256 e. The van der Waals surface area contributed by atoms with Crippen LogP contribution in [0.5, 0.6) is 0 Å². The summed E-state index contributed by atoms with van der Waals surface area (Å²) in [6.07, 6.45) is 0.242. The zero-order valence-electron chi connectivity index (χ0n) is 7.78. The van der Waals surface area contributed by atoms with Crippen LogP contribution in [0.2, 0.25) is 0 Å². The van der Waals surface area contributed by atoms with Crippen molar-refractivity contribution in [1.29, 1.82) is 0 Å². The minimum atomic E-state index is -0.326. The van der Waals surface area contributed by atoms with Gasteiger partial charge in [0.1, 0.15) is 0 Å².